The number of hydrogen-bond acceptors (Lipinski definition) is 3. The predicted molar refractivity (Wildman–Crippen MR) is 77.6 cm³/mol. The van der Waals surface area contributed by atoms with Crippen LogP contribution in [0.25, 0.3) is 11.0 Å². The van der Waals surface area contributed by atoms with Gasteiger partial charge in [-0.05, 0) is 24.6 Å². The number of nitrogens with zero attached hydrogens (tertiary/aromatic N) is 2. The van der Waals surface area contributed by atoms with E-state index in [1.165, 1.54) is 0 Å². The summed E-state index contributed by atoms with van der Waals surface area (Å²) in [4.78, 5) is 15.7. The van der Waals surface area contributed by atoms with Crippen LogP contribution in [0.4, 0.5) is 4.79 Å². The summed E-state index contributed by atoms with van der Waals surface area (Å²) >= 11 is 0. The molecule has 0 aromatic carbocycles. The van der Waals surface area contributed by atoms with E-state index in [0.717, 1.165) is 24.0 Å². The summed E-state index contributed by atoms with van der Waals surface area (Å²) in [6, 6.07) is 5.86. The van der Waals surface area contributed by atoms with Gasteiger partial charge in [-0.1, -0.05) is 0 Å². The molecule has 2 heterocycles. The fourth-order valence-electron chi connectivity index (χ4n) is 1.98. The molecule has 0 aliphatic heterocycles. The molecule has 0 saturated heterocycles. The van der Waals surface area contributed by atoms with E-state index in [2.05, 4.69) is 20.2 Å². The number of carbonyl (C=O) groups excluding carboxylic acids is 1. The second-order valence-corrected chi connectivity index (χ2v) is 4.45. The third kappa shape index (κ3) is 3.96. The molecule has 2 aromatic heterocycles. The molecule has 2 N–H and O–H groups in total. The molecule has 2 amide bonds. The lowest BCUT2D eigenvalue weighted by atomic mass is 10.3. The van der Waals surface area contributed by atoms with Crippen LogP contribution in [0.1, 0.15) is 6.42 Å². The molecule has 0 unspecified atom stereocenters. The van der Waals surface area contributed by atoms with E-state index in [4.69, 9.17) is 4.74 Å². The van der Waals surface area contributed by atoms with Crippen LogP contribution < -0.4 is 10.6 Å². The minimum atomic E-state index is -0.155. The maximum absolute atomic E-state index is 11.4. The zero-order chi connectivity index (χ0) is 14.2. The number of methoxy groups -OCH3 is 1. The van der Waals surface area contributed by atoms with Gasteiger partial charge in [-0.2, -0.15) is 0 Å². The van der Waals surface area contributed by atoms with E-state index in [1.54, 1.807) is 13.3 Å². The standard InChI is InChI=1S/C14H20N4O2/c1-20-11-8-17-14(19)16-7-3-9-18-10-5-12-4-2-6-15-13(12)18/h2,4-6,10H,3,7-9,11H2,1H3,(H2,16,17,19). The van der Waals surface area contributed by atoms with Crippen LogP contribution >= 0.6 is 0 Å². The van der Waals surface area contributed by atoms with Crippen LogP contribution in [0.15, 0.2) is 30.6 Å². The number of rotatable bonds is 7. The van der Waals surface area contributed by atoms with Gasteiger partial charge in [0, 0.05) is 44.5 Å². The van der Waals surface area contributed by atoms with Gasteiger partial charge in [-0.25, -0.2) is 9.78 Å². The number of aromatic nitrogens is 2. The molecule has 0 bridgehead atoms. The lowest BCUT2D eigenvalue weighted by molar-refractivity contribution is 0.196. The lowest BCUT2D eigenvalue weighted by Gasteiger charge is -2.08. The number of ether oxygens (including phenoxy) is 1. The Morgan fingerprint density at radius 1 is 1.35 bits per heavy atom. The Morgan fingerprint density at radius 2 is 2.20 bits per heavy atom. The molecule has 0 saturated carbocycles. The average Bonchev–Trinajstić information content (AvgIpc) is 2.87. The van der Waals surface area contributed by atoms with Crippen molar-refractivity contribution >= 4 is 17.1 Å². The molecular weight excluding hydrogens is 256 g/mol. The maximum Gasteiger partial charge on any atom is 0.314 e. The third-order valence-corrected chi connectivity index (χ3v) is 2.98. The summed E-state index contributed by atoms with van der Waals surface area (Å²) in [6.07, 6.45) is 4.68. The SMILES string of the molecule is COCCNC(=O)NCCCn1ccc2cccnc21. The first-order chi connectivity index (χ1) is 9.81. The van der Waals surface area contributed by atoms with Gasteiger partial charge in [0.25, 0.3) is 0 Å². The van der Waals surface area contributed by atoms with Gasteiger partial charge in [0.15, 0.2) is 0 Å². The summed E-state index contributed by atoms with van der Waals surface area (Å²) in [5.74, 6) is 0. The molecule has 0 aliphatic carbocycles. The van der Waals surface area contributed by atoms with Crippen molar-refractivity contribution in [1.82, 2.24) is 20.2 Å². The third-order valence-electron chi connectivity index (χ3n) is 2.98. The lowest BCUT2D eigenvalue weighted by Crippen LogP contribution is -2.37. The quantitative estimate of drug-likeness (QED) is 0.751. The van der Waals surface area contributed by atoms with Crippen molar-refractivity contribution in [3.8, 4) is 0 Å². The average molecular weight is 276 g/mol. The zero-order valence-electron chi connectivity index (χ0n) is 11.6. The van der Waals surface area contributed by atoms with Crippen molar-refractivity contribution in [2.24, 2.45) is 0 Å². The van der Waals surface area contributed by atoms with Gasteiger partial charge < -0.3 is 19.9 Å². The highest BCUT2D eigenvalue weighted by atomic mass is 16.5. The van der Waals surface area contributed by atoms with Gasteiger partial charge >= 0.3 is 6.03 Å². The number of amides is 2. The van der Waals surface area contributed by atoms with E-state index in [0.29, 0.717) is 19.7 Å². The Hall–Kier alpha value is -2.08. The molecule has 0 aliphatic rings. The van der Waals surface area contributed by atoms with Gasteiger partial charge in [0.1, 0.15) is 5.65 Å². The highest BCUT2D eigenvalue weighted by molar-refractivity contribution is 5.75. The number of carbonyl (C=O) groups is 1. The molecule has 2 rings (SSSR count). The second kappa shape index (κ2) is 7.49. The predicted octanol–water partition coefficient (Wildman–Crippen LogP) is 1.37. The summed E-state index contributed by atoms with van der Waals surface area (Å²) in [5, 5.41) is 6.66. The van der Waals surface area contributed by atoms with Crippen molar-refractivity contribution in [3.63, 3.8) is 0 Å². The number of hydrogen-bond donors (Lipinski definition) is 2. The summed E-state index contributed by atoms with van der Waals surface area (Å²) in [5.41, 5.74) is 0.983. The van der Waals surface area contributed by atoms with Gasteiger partial charge in [0.2, 0.25) is 0 Å². The Labute approximate surface area is 118 Å². The number of fused-ring (bicyclic) bond motifs is 1. The number of aryl methyl sites for hydroxylation is 1. The van der Waals surface area contributed by atoms with Crippen LogP contribution in [-0.4, -0.2) is 42.4 Å². The van der Waals surface area contributed by atoms with Crippen LogP contribution in [0, 0.1) is 0 Å². The maximum atomic E-state index is 11.4. The highest BCUT2D eigenvalue weighted by Gasteiger charge is 2.02. The first-order valence-corrected chi connectivity index (χ1v) is 6.72. The smallest absolute Gasteiger partial charge is 0.314 e. The molecule has 0 radical (unpaired) electrons. The molecule has 20 heavy (non-hydrogen) atoms. The Morgan fingerprint density at radius 3 is 3.05 bits per heavy atom. The first-order valence-electron chi connectivity index (χ1n) is 6.72. The summed E-state index contributed by atoms with van der Waals surface area (Å²) in [6.45, 7) is 2.51. The van der Waals surface area contributed by atoms with Crippen molar-refractivity contribution in [2.45, 2.75) is 13.0 Å². The van der Waals surface area contributed by atoms with Gasteiger partial charge in [-0.3, -0.25) is 0 Å². The largest absolute Gasteiger partial charge is 0.383 e. The van der Waals surface area contributed by atoms with Crippen molar-refractivity contribution in [1.29, 1.82) is 0 Å². The molecule has 0 atom stereocenters. The van der Waals surface area contributed by atoms with E-state index in [1.807, 2.05) is 24.4 Å². The fourth-order valence-corrected chi connectivity index (χ4v) is 1.98. The Balaban J connectivity index is 1.70. The molecule has 108 valence electrons. The van der Waals surface area contributed by atoms with Crippen molar-refractivity contribution in [3.05, 3.63) is 30.6 Å². The van der Waals surface area contributed by atoms with E-state index < -0.39 is 0 Å². The Kier molecular flexibility index (Phi) is 5.37. The van der Waals surface area contributed by atoms with E-state index in [9.17, 15) is 4.79 Å². The van der Waals surface area contributed by atoms with Crippen LogP contribution in [0.3, 0.4) is 0 Å². The van der Waals surface area contributed by atoms with Crippen molar-refractivity contribution < 1.29 is 9.53 Å². The molecule has 6 nitrogen and oxygen atoms in total. The number of pyridine rings is 1. The molecular formula is C14H20N4O2. The van der Waals surface area contributed by atoms with Crippen LogP contribution in [0.5, 0.6) is 0 Å². The topological polar surface area (TPSA) is 68.2 Å². The fraction of sp³-hybridized carbons (Fsp3) is 0.429. The molecule has 2 aromatic rings. The molecule has 0 spiro atoms. The molecule has 6 heteroatoms. The number of nitrogens with one attached hydrogen (secondary N) is 2. The second-order valence-electron chi connectivity index (χ2n) is 4.45. The highest BCUT2D eigenvalue weighted by Crippen LogP contribution is 2.12. The van der Waals surface area contributed by atoms with Crippen LogP contribution in [-0.2, 0) is 11.3 Å². The minimum absolute atomic E-state index is 0.155. The van der Waals surface area contributed by atoms with Gasteiger partial charge in [-0.15, -0.1) is 0 Å². The van der Waals surface area contributed by atoms with E-state index in [-0.39, 0.29) is 6.03 Å². The zero-order valence-corrected chi connectivity index (χ0v) is 11.6. The summed E-state index contributed by atoms with van der Waals surface area (Å²) in [7, 11) is 1.61. The minimum Gasteiger partial charge on any atom is -0.383 e. The van der Waals surface area contributed by atoms with Crippen LogP contribution in [0.2, 0.25) is 0 Å². The van der Waals surface area contributed by atoms with Gasteiger partial charge in [0.05, 0.1) is 6.61 Å². The normalized spacial score (nSPS) is 10.7. The Bertz CT molecular complexity index is 553. The molecule has 0 fully saturated rings. The monoisotopic (exact) mass is 276 g/mol. The summed E-state index contributed by atoms with van der Waals surface area (Å²) < 4.78 is 6.95. The number of urea groups is 1. The van der Waals surface area contributed by atoms with E-state index >= 15 is 0 Å². The van der Waals surface area contributed by atoms with Crippen molar-refractivity contribution in [2.75, 3.05) is 26.8 Å². The first kappa shape index (κ1) is 14.3.